The zero-order valence-corrected chi connectivity index (χ0v) is 9.22. The summed E-state index contributed by atoms with van der Waals surface area (Å²) in [5, 5.41) is 8.00. The molecule has 2 aromatic rings. The van der Waals surface area contributed by atoms with Crippen molar-refractivity contribution >= 4 is 5.82 Å². The number of hydrogen-bond donors (Lipinski definition) is 1. The minimum absolute atomic E-state index is 0.533. The topological polar surface area (TPSA) is 42.7 Å². The Morgan fingerprint density at radius 1 is 1.50 bits per heavy atom. The number of nitrogens with one attached hydrogen (secondary N) is 1. The Bertz CT molecular complexity index is 489. The number of aryl methyl sites for hydroxylation is 1. The number of nitrogens with zero attached hydrogens (tertiary/aromatic N) is 3. The van der Waals surface area contributed by atoms with Crippen LogP contribution in [-0.2, 0) is 6.54 Å². The van der Waals surface area contributed by atoms with E-state index in [2.05, 4.69) is 28.4 Å². The molecule has 4 heteroatoms. The maximum Gasteiger partial charge on any atom is 0.125 e. The third-order valence-corrected chi connectivity index (χ3v) is 2.91. The highest BCUT2D eigenvalue weighted by Crippen LogP contribution is 2.24. The normalized spacial score (nSPS) is 18.9. The van der Waals surface area contributed by atoms with Crippen LogP contribution in [0.4, 0.5) is 5.82 Å². The highest BCUT2D eigenvalue weighted by Gasteiger charge is 2.16. The number of pyridine rings is 1. The first-order chi connectivity index (χ1) is 7.83. The van der Waals surface area contributed by atoms with E-state index in [4.69, 9.17) is 0 Å². The summed E-state index contributed by atoms with van der Waals surface area (Å²) >= 11 is 0. The van der Waals surface area contributed by atoms with Crippen LogP contribution in [0.25, 0.3) is 11.3 Å². The average Bonchev–Trinajstić information content (AvgIpc) is 2.73. The first kappa shape index (κ1) is 9.39. The van der Waals surface area contributed by atoms with Crippen molar-refractivity contribution in [2.45, 2.75) is 25.9 Å². The van der Waals surface area contributed by atoms with Gasteiger partial charge in [0, 0.05) is 36.6 Å². The predicted octanol–water partition coefficient (Wildman–Crippen LogP) is 2.15. The molecule has 1 aliphatic rings. The van der Waals surface area contributed by atoms with Gasteiger partial charge in [-0.25, -0.2) is 4.68 Å². The van der Waals surface area contributed by atoms with Gasteiger partial charge in [0.25, 0.3) is 0 Å². The highest BCUT2D eigenvalue weighted by atomic mass is 15.3. The molecular formula is C12H14N4. The Balaban J connectivity index is 1.99. The van der Waals surface area contributed by atoms with Gasteiger partial charge in [-0.1, -0.05) is 0 Å². The molecule has 4 nitrogen and oxygen atoms in total. The van der Waals surface area contributed by atoms with Gasteiger partial charge in [0.15, 0.2) is 0 Å². The molecule has 1 unspecified atom stereocenters. The Morgan fingerprint density at radius 3 is 3.25 bits per heavy atom. The molecule has 0 bridgehead atoms. The molecule has 0 saturated heterocycles. The van der Waals surface area contributed by atoms with Gasteiger partial charge >= 0.3 is 0 Å². The van der Waals surface area contributed by atoms with Crippen LogP contribution in [-0.4, -0.2) is 20.8 Å². The zero-order chi connectivity index (χ0) is 11.0. The maximum absolute atomic E-state index is 4.57. The lowest BCUT2D eigenvalue weighted by Crippen LogP contribution is -2.25. The van der Waals surface area contributed by atoms with Gasteiger partial charge in [0.2, 0.25) is 0 Å². The molecule has 16 heavy (non-hydrogen) atoms. The highest BCUT2D eigenvalue weighted by molar-refractivity contribution is 5.62. The van der Waals surface area contributed by atoms with Gasteiger partial charge in [-0.2, -0.15) is 5.10 Å². The molecule has 0 radical (unpaired) electrons. The van der Waals surface area contributed by atoms with Crippen LogP contribution in [0.15, 0.2) is 30.6 Å². The molecule has 0 saturated carbocycles. The minimum Gasteiger partial charge on any atom is -0.368 e. The minimum atomic E-state index is 0.533. The van der Waals surface area contributed by atoms with Gasteiger partial charge in [-0.3, -0.25) is 4.98 Å². The summed E-state index contributed by atoms with van der Waals surface area (Å²) < 4.78 is 2.03. The van der Waals surface area contributed by atoms with Crippen LogP contribution in [0.1, 0.15) is 13.3 Å². The summed E-state index contributed by atoms with van der Waals surface area (Å²) in [4.78, 5) is 4.11. The van der Waals surface area contributed by atoms with E-state index in [0.29, 0.717) is 6.04 Å². The first-order valence-corrected chi connectivity index (χ1v) is 5.58. The molecule has 2 aromatic heterocycles. The first-order valence-electron chi connectivity index (χ1n) is 5.58. The van der Waals surface area contributed by atoms with Crippen molar-refractivity contribution < 1.29 is 0 Å². The number of aromatic nitrogens is 3. The average molecular weight is 214 g/mol. The van der Waals surface area contributed by atoms with Crippen molar-refractivity contribution in [3.8, 4) is 11.3 Å². The standard InChI is InChI=1S/C12H14N4/c1-9-4-6-16-12(14-9)7-11(15-16)10-3-2-5-13-8-10/h2-3,5,7-9,14H,4,6H2,1H3. The van der Waals surface area contributed by atoms with E-state index >= 15 is 0 Å². The quantitative estimate of drug-likeness (QED) is 0.791. The third-order valence-electron chi connectivity index (χ3n) is 2.91. The molecule has 1 atom stereocenters. The molecule has 1 aliphatic heterocycles. The summed E-state index contributed by atoms with van der Waals surface area (Å²) in [7, 11) is 0. The molecule has 0 fully saturated rings. The molecular weight excluding hydrogens is 200 g/mol. The number of rotatable bonds is 1. The van der Waals surface area contributed by atoms with Crippen LogP contribution < -0.4 is 5.32 Å². The van der Waals surface area contributed by atoms with E-state index in [1.54, 1.807) is 6.20 Å². The fourth-order valence-corrected chi connectivity index (χ4v) is 2.00. The Morgan fingerprint density at radius 2 is 2.44 bits per heavy atom. The molecule has 0 aliphatic carbocycles. The smallest absolute Gasteiger partial charge is 0.125 e. The fourth-order valence-electron chi connectivity index (χ4n) is 2.00. The summed E-state index contributed by atoms with van der Waals surface area (Å²) in [5.74, 6) is 1.11. The van der Waals surface area contributed by atoms with E-state index in [-0.39, 0.29) is 0 Å². The van der Waals surface area contributed by atoms with E-state index in [9.17, 15) is 0 Å². The number of anilines is 1. The zero-order valence-electron chi connectivity index (χ0n) is 9.22. The van der Waals surface area contributed by atoms with Gasteiger partial charge in [0.1, 0.15) is 5.82 Å². The molecule has 0 amide bonds. The Hall–Kier alpha value is -1.84. The number of fused-ring (bicyclic) bond motifs is 1. The van der Waals surface area contributed by atoms with Crippen LogP contribution in [0.2, 0.25) is 0 Å². The van der Waals surface area contributed by atoms with Crippen molar-refractivity contribution in [1.82, 2.24) is 14.8 Å². The summed E-state index contributed by atoms with van der Waals surface area (Å²) in [5.41, 5.74) is 2.06. The lowest BCUT2D eigenvalue weighted by atomic mass is 10.2. The molecule has 82 valence electrons. The Labute approximate surface area is 94.3 Å². The van der Waals surface area contributed by atoms with Crippen molar-refractivity contribution in [3.63, 3.8) is 0 Å². The SMILES string of the molecule is CC1CCn2nc(-c3cccnc3)cc2N1. The summed E-state index contributed by atoms with van der Waals surface area (Å²) in [6.07, 6.45) is 4.75. The second-order valence-corrected chi connectivity index (χ2v) is 4.21. The monoisotopic (exact) mass is 214 g/mol. The van der Waals surface area contributed by atoms with Crippen LogP contribution >= 0.6 is 0 Å². The fraction of sp³-hybridized carbons (Fsp3) is 0.333. The van der Waals surface area contributed by atoms with E-state index in [1.807, 2.05) is 23.0 Å². The lowest BCUT2D eigenvalue weighted by molar-refractivity contribution is 0.513. The molecule has 0 spiro atoms. The molecule has 1 N–H and O–H groups in total. The molecule has 0 aromatic carbocycles. The van der Waals surface area contributed by atoms with Crippen LogP contribution in [0.3, 0.4) is 0 Å². The van der Waals surface area contributed by atoms with Crippen molar-refractivity contribution in [1.29, 1.82) is 0 Å². The largest absolute Gasteiger partial charge is 0.368 e. The van der Waals surface area contributed by atoms with Crippen LogP contribution in [0.5, 0.6) is 0 Å². The summed E-state index contributed by atoms with van der Waals surface area (Å²) in [6.45, 7) is 3.18. The van der Waals surface area contributed by atoms with Crippen molar-refractivity contribution in [2.75, 3.05) is 5.32 Å². The van der Waals surface area contributed by atoms with Crippen molar-refractivity contribution in [2.24, 2.45) is 0 Å². The number of hydrogen-bond acceptors (Lipinski definition) is 3. The lowest BCUT2D eigenvalue weighted by Gasteiger charge is -2.21. The predicted molar refractivity (Wildman–Crippen MR) is 63.2 cm³/mol. The maximum atomic E-state index is 4.57. The van der Waals surface area contributed by atoms with Gasteiger partial charge in [0.05, 0.1) is 5.69 Å². The molecule has 3 rings (SSSR count). The third kappa shape index (κ3) is 1.56. The van der Waals surface area contributed by atoms with Crippen molar-refractivity contribution in [3.05, 3.63) is 30.6 Å². The molecule has 3 heterocycles. The van der Waals surface area contributed by atoms with Gasteiger partial charge < -0.3 is 5.32 Å². The van der Waals surface area contributed by atoms with Gasteiger partial charge in [-0.05, 0) is 25.5 Å². The van der Waals surface area contributed by atoms with Crippen LogP contribution in [0, 0.1) is 0 Å². The Kier molecular flexibility index (Phi) is 2.13. The second-order valence-electron chi connectivity index (χ2n) is 4.21. The van der Waals surface area contributed by atoms with E-state index < -0.39 is 0 Å². The van der Waals surface area contributed by atoms with E-state index in [0.717, 1.165) is 30.0 Å². The summed E-state index contributed by atoms with van der Waals surface area (Å²) in [6, 6.07) is 6.59. The second kappa shape index (κ2) is 3.63. The van der Waals surface area contributed by atoms with Gasteiger partial charge in [-0.15, -0.1) is 0 Å². The van der Waals surface area contributed by atoms with E-state index in [1.165, 1.54) is 0 Å².